The highest BCUT2D eigenvalue weighted by Crippen LogP contribution is 2.26. The van der Waals surface area contributed by atoms with Gasteiger partial charge in [0.15, 0.2) is 5.82 Å². The molecular weight excluding hydrogens is 372 g/mol. The number of rotatable bonds is 5. The molecule has 3 rings (SSSR count). The summed E-state index contributed by atoms with van der Waals surface area (Å²) in [7, 11) is 0. The zero-order valence-corrected chi connectivity index (χ0v) is 15.6. The monoisotopic (exact) mass is 392 g/mol. The fourth-order valence-corrected chi connectivity index (χ4v) is 3.12. The van der Waals surface area contributed by atoms with Crippen LogP contribution in [-0.2, 0) is 6.54 Å². The number of aliphatic hydroxyl groups excluding tert-OH is 4. The van der Waals surface area contributed by atoms with Gasteiger partial charge in [0.2, 0.25) is 0 Å². The minimum Gasteiger partial charge on any atom is -0.394 e. The standard InChI is InChI=1S/C17H20N4O5S/c1-7-3-9-10(4-8(7)2)21(5-11(23)14(25)12(24)6-22)15-13(18-9)16(27)20-17(26)19-15/h3-4,11-12,14,22-25H,5-6H2,1-2H3,(H,20,26,27)/t11-,12+,14-/m0/s1. The Balaban J connectivity index is 2.28. The first-order valence-electron chi connectivity index (χ1n) is 8.29. The number of nitrogens with one attached hydrogen (secondary N) is 1. The highest BCUT2D eigenvalue weighted by molar-refractivity contribution is 7.71. The van der Waals surface area contributed by atoms with Crippen molar-refractivity contribution in [2.75, 3.05) is 6.61 Å². The fraction of sp³-hybridized carbons (Fsp3) is 0.412. The molecule has 0 unspecified atom stereocenters. The molecule has 27 heavy (non-hydrogen) atoms. The van der Waals surface area contributed by atoms with Gasteiger partial charge in [0.1, 0.15) is 28.6 Å². The Morgan fingerprint density at radius 1 is 1.15 bits per heavy atom. The van der Waals surface area contributed by atoms with Gasteiger partial charge < -0.3 is 25.0 Å². The molecular formula is C17H20N4O5S. The average molecular weight is 392 g/mol. The van der Waals surface area contributed by atoms with Crippen LogP contribution in [0, 0.1) is 18.5 Å². The van der Waals surface area contributed by atoms with E-state index in [9.17, 15) is 20.1 Å². The summed E-state index contributed by atoms with van der Waals surface area (Å²) in [4.78, 5) is 22.7. The second kappa shape index (κ2) is 7.41. The maximum atomic E-state index is 11.8. The van der Waals surface area contributed by atoms with Gasteiger partial charge in [-0.25, -0.2) is 9.78 Å². The van der Waals surface area contributed by atoms with E-state index >= 15 is 0 Å². The summed E-state index contributed by atoms with van der Waals surface area (Å²) in [5.74, 6) is 0.157. The molecule has 0 fully saturated rings. The Morgan fingerprint density at radius 3 is 2.48 bits per heavy atom. The smallest absolute Gasteiger partial charge is 0.348 e. The molecule has 0 saturated carbocycles. The number of fused-ring (bicyclic) bond motifs is 2. The van der Waals surface area contributed by atoms with Crippen molar-refractivity contribution in [1.82, 2.24) is 19.5 Å². The molecule has 0 aliphatic carbocycles. The van der Waals surface area contributed by atoms with Crippen molar-refractivity contribution in [2.45, 2.75) is 38.7 Å². The summed E-state index contributed by atoms with van der Waals surface area (Å²) in [6.07, 6.45) is -4.52. The largest absolute Gasteiger partial charge is 0.394 e. The first kappa shape index (κ1) is 19.5. The fourth-order valence-electron chi connectivity index (χ4n) is 2.89. The van der Waals surface area contributed by atoms with E-state index in [0.717, 1.165) is 11.1 Å². The van der Waals surface area contributed by atoms with Crippen molar-refractivity contribution in [2.24, 2.45) is 0 Å². The zero-order chi connectivity index (χ0) is 19.9. The Labute approximate surface area is 158 Å². The van der Waals surface area contributed by atoms with Crippen molar-refractivity contribution >= 4 is 23.3 Å². The van der Waals surface area contributed by atoms with E-state index < -0.39 is 30.6 Å². The van der Waals surface area contributed by atoms with E-state index in [0.29, 0.717) is 11.0 Å². The summed E-state index contributed by atoms with van der Waals surface area (Å²) in [5.41, 5.74) is 2.76. The first-order valence-corrected chi connectivity index (χ1v) is 8.70. The van der Waals surface area contributed by atoms with Gasteiger partial charge in [-0.3, -0.25) is 4.98 Å². The molecule has 5 N–H and O–H groups in total. The van der Waals surface area contributed by atoms with Crippen molar-refractivity contribution in [3.05, 3.63) is 38.4 Å². The third kappa shape index (κ3) is 3.62. The molecule has 144 valence electrons. The number of aromatic amines is 1. The van der Waals surface area contributed by atoms with Crippen molar-refractivity contribution in [3.63, 3.8) is 0 Å². The molecule has 0 radical (unpaired) electrons. The maximum absolute atomic E-state index is 11.8. The SMILES string of the molecule is Cc1cc2nc3c(=S)[nH]c(=O)nc-3n(C[C@H](O)[C@H](O)[C@H](O)CO)c2cc1C. The molecule has 0 aromatic heterocycles. The lowest BCUT2D eigenvalue weighted by Gasteiger charge is -2.25. The first-order chi connectivity index (χ1) is 12.7. The van der Waals surface area contributed by atoms with Crippen molar-refractivity contribution in [1.29, 1.82) is 0 Å². The minimum absolute atomic E-state index is 0.115. The summed E-state index contributed by atoms with van der Waals surface area (Å²) in [6, 6.07) is 3.69. The molecule has 2 heterocycles. The van der Waals surface area contributed by atoms with Crippen LogP contribution in [0.2, 0.25) is 0 Å². The number of benzene rings is 1. The molecule has 1 aromatic rings. The van der Waals surface area contributed by atoms with Crippen LogP contribution in [0.1, 0.15) is 11.1 Å². The van der Waals surface area contributed by atoms with Crippen LogP contribution in [-0.4, -0.2) is 64.9 Å². The van der Waals surface area contributed by atoms with Crippen LogP contribution in [0.25, 0.3) is 22.6 Å². The predicted molar refractivity (Wildman–Crippen MR) is 100 cm³/mol. The number of aliphatic hydroxyl groups is 4. The lowest BCUT2D eigenvalue weighted by atomic mass is 10.1. The maximum Gasteiger partial charge on any atom is 0.348 e. The van der Waals surface area contributed by atoms with Crippen LogP contribution < -0.4 is 5.69 Å². The van der Waals surface area contributed by atoms with Crippen LogP contribution in [0.5, 0.6) is 0 Å². The Kier molecular flexibility index (Phi) is 5.36. The Morgan fingerprint density at radius 2 is 1.81 bits per heavy atom. The average Bonchev–Trinajstić information content (AvgIpc) is 2.62. The number of hydrogen-bond donors (Lipinski definition) is 5. The quantitative estimate of drug-likeness (QED) is 0.293. The Bertz CT molecular complexity index is 1080. The van der Waals surface area contributed by atoms with E-state index in [2.05, 4.69) is 15.0 Å². The molecule has 0 spiro atoms. The normalized spacial score (nSPS) is 15.2. The summed E-state index contributed by atoms with van der Waals surface area (Å²) >= 11 is 5.19. The van der Waals surface area contributed by atoms with Gasteiger partial charge in [-0.2, -0.15) is 4.98 Å². The van der Waals surface area contributed by atoms with Gasteiger partial charge in [0.05, 0.1) is 24.2 Å². The third-order valence-corrected chi connectivity index (χ3v) is 4.86. The lowest BCUT2D eigenvalue weighted by molar-refractivity contribution is -0.0802. The van der Waals surface area contributed by atoms with Gasteiger partial charge in [0.25, 0.3) is 0 Å². The molecule has 1 aromatic carbocycles. The van der Waals surface area contributed by atoms with Crippen molar-refractivity contribution < 1.29 is 20.4 Å². The van der Waals surface area contributed by atoms with Crippen LogP contribution in [0.15, 0.2) is 16.9 Å². The summed E-state index contributed by atoms with van der Waals surface area (Å²) in [6.45, 7) is 2.95. The van der Waals surface area contributed by atoms with Crippen LogP contribution in [0.3, 0.4) is 0 Å². The van der Waals surface area contributed by atoms with E-state index in [4.69, 9.17) is 17.3 Å². The van der Waals surface area contributed by atoms with E-state index in [1.165, 1.54) is 4.57 Å². The second-order valence-electron chi connectivity index (χ2n) is 6.50. The molecule has 2 aliphatic heterocycles. The van der Waals surface area contributed by atoms with Crippen LogP contribution in [0.4, 0.5) is 0 Å². The van der Waals surface area contributed by atoms with E-state index in [-0.39, 0.29) is 22.7 Å². The Hall–Kier alpha value is -2.24. The number of H-pyrrole nitrogens is 1. The van der Waals surface area contributed by atoms with Crippen LogP contribution >= 0.6 is 12.2 Å². The molecule has 10 heteroatoms. The molecule has 0 amide bonds. The molecule has 0 bridgehead atoms. The van der Waals surface area contributed by atoms with Gasteiger partial charge in [-0.15, -0.1) is 0 Å². The number of aryl methyl sites for hydroxylation is 2. The van der Waals surface area contributed by atoms with E-state index in [1.807, 2.05) is 26.0 Å². The summed E-state index contributed by atoms with van der Waals surface area (Å²) in [5, 5.41) is 38.9. The van der Waals surface area contributed by atoms with Gasteiger partial charge >= 0.3 is 5.69 Å². The van der Waals surface area contributed by atoms with Gasteiger partial charge in [0, 0.05) is 0 Å². The number of hydrogen-bond acceptors (Lipinski definition) is 8. The highest BCUT2D eigenvalue weighted by atomic mass is 32.1. The molecule has 2 aliphatic rings. The van der Waals surface area contributed by atoms with E-state index in [1.54, 1.807) is 0 Å². The second-order valence-corrected chi connectivity index (χ2v) is 6.91. The van der Waals surface area contributed by atoms with Crippen molar-refractivity contribution in [3.8, 4) is 11.5 Å². The molecule has 9 nitrogen and oxygen atoms in total. The van der Waals surface area contributed by atoms with Gasteiger partial charge in [-0.1, -0.05) is 12.2 Å². The highest BCUT2D eigenvalue weighted by Gasteiger charge is 2.27. The lowest BCUT2D eigenvalue weighted by Crippen LogP contribution is -2.42. The summed E-state index contributed by atoms with van der Waals surface area (Å²) < 4.78 is 1.65. The predicted octanol–water partition coefficient (Wildman–Crippen LogP) is -0.354. The number of nitrogens with zero attached hydrogens (tertiary/aromatic N) is 3. The minimum atomic E-state index is -1.59. The third-order valence-electron chi connectivity index (χ3n) is 4.57. The van der Waals surface area contributed by atoms with Gasteiger partial charge in [-0.05, 0) is 37.1 Å². The number of aromatic nitrogens is 4. The topological polar surface area (TPSA) is 144 Å². The molecule has 3 atom stereocenters. The molecule has 0 saturated heterocycles. The zero-order valence-electron chi connectivity index (χ0n) is 14.7.